The van der Waals surface area contributed by atoms with Gasteiger partial charge in [0.2, 0.25) is 0 Å². The zero-order chi connectivity index (χ0) is 20.6. The first-order valence-electron chi connectivity index (χ1n) is 11.4. The Labute approximate surface area is 173 Å². The van der Waals surface area contributed by atoms with Crippen molar-refractivity contribution in [2.75, 3.05) is 14.2 Å². The minimum Gasteiger partial charge on any atom is -0.496 e. The SMILES string of the molecule is CC[C@H](C)CCCCCCCCCCCCc1cccc(OC)c1C(=O)OC. The van der Waals surface area contributed by atoms with E-state index in [-0.39, 0.29) is 5.97 Å². The van der Waals surface area contributed by atoms with Crippen LogP contribution in [-0.4, -0.2) is 20.2 Å². The number of unbranched alkanes of at least 4 members (excludes halogenated alkanes) is 9. The number of rotatable bonds is 16. The molecule has 0 saturated carbocycles. The standard InChI is InChI=1S/C25H42O3/c1-5-21(2)17-14-12-10-8-6-7-9-11-13-15-18-22-19-16-20-23(27-3)24(22)25(26)28-4/h16,19-21H,5-15,17-18H2,1-4H3/t21-/m0/s1. The Hall–Kier alpha value is -1.51. The maximum Gasteiger partial charge on any atom is 0.341 e. The van der Waals surface area contributed by atoms with E-state index in [9.17, 15) is 4.79 Å². The normalized spacial score (nSPS) is 12.0. The predicted molar refractivity (Wildman–Crippen MR) is 118 cm³/mol. The number of hydrogen-bond acceptors (Lipinski definition) is 3. The number of ether oxygens (including phenoxy) is 2. The van der Waals surface area contributed by atoms with Crippen LogP contribution in [0.5, 0.6) is 5.75 Å². The molecule has 1 aromatic carbocycles. The molecule has 0 heterocycles. The van der Waals surface area contributed by atoms with Crippen LogP contribution >= 0.6 is 0 Å². The molecule has 0 spiro atoms. The van der Waals surface area contributed by atoms with Crippen LogP contribution in [0.1, 0.15) is 107 Å². The van der Waals surface area contributed by atoms with Gasteiger partial charge >= 0.3 is 5.97 Å². The molecule has 0 aliphatic rings. The van der Waals surface area contributed by atoms with E-state index in [4.69, 9.17) is 9.47 Å². The Kier molecular flexibility index (Phi) is 13.5. The Morgan fingerprint density at radius 2 is 1.46 bits per heavy atom. The summed E-state index contributed by atoms with van der Waals surface area (Å²) in [6.45, 7) is 4.66. The second-order valence-corrected chi connectivity index (χ2v) is 8.07. The van der Waals surface area contributed by atoms with Gasteiger partial charge in [0.15, 0.2) is 0 Å². The lowest BCUT2D eigenvalue weighted by molar-refractivity contribution is 0.0595. The van der Waals surface area contributed by atoms with Gasteiger partial charge in [0.1, 0.15) is 11.3 Å². The molecule has 0 saturated heterocycles. The van der Waals surface area contributed by atoms with Crippen molar-refractivity contribution in [2.24, 2.45) is 5.92 Å². The minimum absolute atomic E-state index is 0.309. The maximum absolute atomic E-state index is 12.1. The van der Waals surface area contributed by atoms with Crippen molar-refractivity contribution in [3.63, 3.8) is 0 Å². The van der Waals surface area contributed by atoms with Crippen molar-refractivity contribution in [3.8, 4) is 5.75 Å². The lowest BCUT2D eigenvalue weighted by Gasteiger charge is -2.12. The van der Waals surface area contributed by atoms with Gasteiger partial charge < -0.3 is 9.47 Å². The zero-order valence-corrected chi connectivity index (χ0v) is 18.7. The van der Waals surface area contributed by atoms with Gasteiger partial charge in [0.05, 0.1) is 14.2 Å². The third-order valence-electron chi connectivity index (χ3n) is 5.81. The molecule has 160 valence electrons. The maximum atomic E-state index is 12.1. The number of benzene rings is 1. The van der Waals surface area contributed by atoms with Crippen molar-refractivity contribution in [1.82, 2.24) is 0 Å². The first-order chi connectivity index (χ1) is 13.6. The molecule has 3 nitrogen and oxygen atoms in total. The van der Waals surface area contributed by atoms with Crippen LogP contribution in [0.2, 0.25) is 0 Å². The summed E-state index contributed by atoms with van der Waals surface area (Å²) in [5.74, 6) is 1.20. The van der Waals surface area contributed by atoms with Crippen LogP contribution in [0, 0.1) is 5.92 Å². The van der Waals surface area contributed by atoms with Crippen molar-refractivity contribution >= 4 is 5.97 Å². The molecule has 0 bridgehead atoms. The van der Waals surface area contributed by atoms with Crippen molar-refractivity contribution in [2.45, 2.75) is 97.3 Å². The van der Waals surface area contributed by atoms with Gasteiger partial charge in [0, 0.05) is 0 Å². The monoisotopic (exact) mass is 390 g/mol. The van der Waals surface area contributed by atoms with Crippen LogP contribution in [0.15, 0.2) is 18.2 Å². The fraction of sp³-hybridized carbons (Fsp3) is 0.720. The van der Waals surface area contributed by atoms with Gasteiger partial charge in [-0.2, -0.15) is 0 Å². The molecule has 28 heavy (non-hydrogen) atoms. The zero-order valence-electron chi connectivity index (χ0n) is 18.7. The summed E-state index contributed by atoms with van der Waals surface area (Å²) in [6, 6.07) is 5.78. The summed E-state index contributed by atoms with van der Waals surface area (Å²) in [7, 11) is 3.02. The molecule has 1 aromatic rings. The van der Waals surface area contributed by atoms with Crippen molar-refractivity contribution in [3.05, 3.63) is 29.3 Å². The fourth-order valence-corrected chi connectivity index (χ4v) is 3.72. The molecule has 0 fully saturated rings. The van der Waals surface area contributed by atoms with Crippen LogP contribution in [0.25, 0.3) is 0 Å². The van der Waals surface area contributed by atoms with E-state index in [1.165, 1.54) is 77.7 Å². The fourth-order valence-electron chi connectivity index (χ4n) is 3.72. The molecular formula is C25H42O3. The number of esters is 1. The Morgan fingerprint density at radius 3 is 2.00 bits per heavy atom. The molecule has 1 atom stereocenters. The van der Waals surface area contributed by atoms with Crippen molar-refractivity contribution < 1.29 is 14.3 Å². The lowest BCUT2D eigenvalue weighted by atomic mass is 9.98. The summed E-state index contributed by atoms with van der Waals surface area (Å²) >= 11 is 0. The second-order valence-electron chi connectivity index (χ2n) is 8.07. The summed E-state index contributed by atoms with van der Waals surface area (Å²) in [5.41, 5.74) is 1.62. The quantitative estimate of drug-likeness (QED) is 0.218. The van der Waals surface area contributed by atoms with Crippen LogP contribution in [-0.2, 0) is 11.2 Å². The van der Waals surface area contributed by atoms with E-state index < -0.39 is 0 Å². The first-order valence-corrected chi connectivity index (χ1v) is 11.4. The van der Waals surface area contributed by atoms with E-state index in [0.29, 0.717) is 11.3 Å². The summed E-state index contributed by atoms with van der Waals surface area (Å²) in [6.07, 6.45) is 16.9. The first kappa shape index (κ1) is 24.5. The second kappa shape index (κ2) is 15.4. The average molecular weight is 391 g/mol. The summed E-state index contributed by atoms with van der Waals surface area (Å²) in [5, 5.41) is 0. The van der Waals surface area contributed by atoms with Gasteiger partial charge in [-0.1, -0.05) is 96.6 Å². The third kappa shape index (κ3) is 9.61. The Balaban J connectivity index is 2.11. The molecule has 0 N–H and O–H groups in total. The predicted octanol–water partition coefficient (Wildman–Crippen LogP) is 7.36. The van der Waals surface area contributed by atoms with Crippen LogP contribution in [0.3, 0.4) is 0 Å². The molecule has 0 unspecified atom stereocenters. The third-order valence-corrected chi connectivity index (χ3v) is 5.81. The number of aryl methyl sites for hydroxylation is 1. The largest absolute Gasteiger partial charge is 0.496 e. The Bertz CT molecular complexity index is 539. The average Bonchev–Trinajstić information content (AvgIpc) is 2.73. The van der Waals surface area contributed by atoms with Crippen molar-refractivity contribution in [1.29, 1.82) is 0 Å². The van der Waals surface area contributed by atoms with Crippen LogP contribution in [0.4, 0.5) is 0 Å². The Morgan fingerprint density at radius 1 is 0.893 bits per heavy atom. The van der Waals surface area contributed by atoms with Gasteiger partial charge in [-0.3, -0.25) is 0 Å². The number of hydrogen-bond donors (Lipinski definition) is 0. The number of carbonyl (C=O) groups is 1. The van der Waals surface area contributed by atoms with E-state index in [1.807, 2.05) is 18.2 Å². The summed E-state index contributed by atoms with van der Waals surface area (Å²) in [4.78, 5) is 12.1. The van der Waals surface area contributed by atoms with Gasteiger partial charge in [0.25, 0.3) is 0 Å². The van der Waals surface area contributed by atoms with E-state index >= 15 is 0 Å². The van der Waals surface area contributed by atoms with E-state index in [0.717, 1.165) is 24.3 Å². The van der Waals surface area contributed by atoms with Gasteiger partial charge in [-0.05, 0) is 30.4 Å². The molecular weight excluding hydrogens is 348 g/mol. The molecule has 3 heteroatoms. The van der Waals surface area contributed by atoms with Gasteiger partial charge in [-0.15, -0.1) is 0 Å². The highest BCUT2D eigenvalue weighted by Crippen LogP contribution is 2.25. The smallest absolute Gasteiger partial charge is 0.341 e. The highest BCUT2D eigenvalue weighted by Gasteiger charge is 2.17. The molecule has 0 aliphatic heterocycles. The highest BCUT2D eigenvalue weighted by atomic mass is 16.5. The molecule has 0 amide bonds. The molecule has 0 aliphatic carbocycles. The lowest BCUT2D eigenvalue weighted by Crippen LogP contribution is -2.08. The van der Waals surface area contributed by atoms with E-state index in [2.05, 4.69) is 13.8 Å². The minimum atomic E-state index is -0.309. The molecule has 0 aromatic heterocycles. The highest BCUT2D eigenvalue weighted by molar-refractivity contribution is 5.94. The molecule has 0 radical (unpaired) electrons. The van der Waals surface area contributed by atoms with Gasteiger partial charge in [-0.25, -0.2) is 4.79 Å². The molecule has 1 rings (SSSR count). The summed E-state index contributed by atoms with van der Waals surface area (Å²) < 4.78 is 10.3. The topological polar surface area (TPSA) is 35.5 Å². The van der Waals surface area contributed by atoms with Crippen LogP contribution < -0.4 is 4.74 Å². The number of carbonyl (C=O) groups excluding carboxylic acids is 1. The number of methoxy groups -OCH3 is 2. The van der Waals surface area contributed by atoms with E-state index in [1.54, 1.807) is 7.11 Å².